The maximum atomic E-state index is 14.4. The van der Waals surface area contributed by atoms with Gasteiger partial charge in [0.2, 0.25) is 0 Å². The molecule has 1 aromatic rings. The minimum atomic E-state index is -1.81. The molecule has 11 heteroatoms. The molecule has 7 rings (SSSR count). The number of benzene rings is 1. The van der Waals surface area contributed by atoms with E-state index in [1.54, 1.807) is 57.7 Å². The highest BCUT2D eigenvalue weighted by atomic mass is 16.6. The Balaban J connectivity index is 1.15. The van der Waals surface area contributed by atoms with Crippen LogP contribution >= 0.6 is 0 Å². The van der Waals surface area contributed by atoms with E-state index in [9.17, 15) is 19.8 Å². The first-order chi connectivity index (χ1) is 30.6. The molecule has 1 heterocycles. The van der Waals surface area contributed by atoms with Gasteiger partial charge in [-0.05, 0) is 57.2 Å². The normalized spacial score (nSPS) is 39.0. The molecule has 1 spiro atoms. The maximum Gasteiger partial charge on any atom is 0.338 e. The molecule has 6 fully saturated rings. The Morgan fingerprint density at radius 3 is 2.14 bits per heavy atom. The summed E-state index contributed by atoms with van der Waals surface area (Å²) in [4.78, 5) is 30.8. The molecule has 63 heavy (non-hydrogen) atoms. The minimum absolute atomic E-state index is 0.130. The van der Waals surface area contributed by atoms with Crippen LogP contribution in [0.5, 0.6) is 0 Å². The van der Waals surface area contributed by atoms with Crippen LogP contribution in [0.4, 0.5) is 0 Å². The van der Waals surface area contributed by atoms with Gasteiger partial charge in [-0.2, -0.15) is 0 Å². The third-order valence-electron chi connectivity index (χ3n) is 16.4. The van der Waals surface area contributed by atoms with Crippen molar-refractivity contribution in [2.75, 3.05) is 48.6 Å². The number of piperidine rings is 1. The summed E-state index contributed by atoms with van der Waals surface area (Å²) in [5.41, 5.74) is -4.21. The zero-order valence-electron chi connectivity index (χ0n) is 38.7. The van der Waals surface area contributed by atoms with Crippen molar-refractivity contribution in [2.24, 2.45) is 34.5 Å². The van der Waals surface area contributed by atoms with Crippen LogP contribution in [0.1, 0.15) is 107 Å². The van der Waals surface area contributed by atoms with Gasteiger partial charge in [0, 0.05) is 75.7 Å². The number of carbonyl (C=O) groups excluding carboxylic acids is 2. The monoisotopic (exact) mass is 874 g/mol. The molecule has 348 valence electrons. The van der Waals surface area contributed by atoms with Crippen LogP contribution in [0, 0.1) is 34.5 Å². The third-order valence-corrected chi connectivity index (χ3v) is 16.4. The van der Waals surface area contributed by atoms with E-state index in [2.05, 4.69) is 31.0 Å². The summed E-state index contributed by atoms with van der Waals surface area (Å²) >= 11 is 0. The summed E-state index contributed by atoms with van der Waals surface area (Å²) in [6.45, 7) is 3.44. The summed E-state index contributed by atoms with van der Waals surface area (Å²) in [7, 11) is 8.69. The molecule has 7 bridgehead atoms. The van der Waals surface area contributed by atoms with Gasteiger partial charge in [-0.15, -0.1) is 0 Å². The molecule has 0 radical (unpaired) electrons. The fraction of sp³-hybridized carbons (Fsp3) is 0.692. The highest BCUT2D eigenvalue weighted by molar-refractivity contribution is 5.89. The number of esters is 2. The van der Waals surface area contributed by atoms with Gasteiger partial charge in [0.1, 0.15) is 23.9 Å². The van der Waals surface area contributed by atoms with Gasteiger partial charge in [0.15, 0.2) is 5.60 Å². The number of likely N-dealkylation sites (tertiary alicyclic amines) is 1. The summed E-state index contributed by atoms with van der Waals surface area (Å²) in [6, 6.07) is 8.38. The van der Waals surface area contributed by atoms with Gasteiger partial charge in [0.25, 0.3) is 0 Å². The lowest BCUT2D eigenvalue weighted by Crippen LogP contribution is -2.80. The van der Waals surface area contributed by atoms with Crippen LogP contribution in [0.2, 0.25) is 0 Å². The molecule has 1 saturated heterocycles. The van der Waals surface area contributed by atoms with E-state index < -0.39 is 70.7 Å². The number of carbonyl (C=O) groups is 2. The SMILES string of the molecule is CCCCCCCCCCCC/C=C/C=C/C=C/C=C/C(=O)O[C@]12[C@H]3[C@@H](OC(=O)c4ccccc4)[C@](O)(C[C@H]3[C@@]34C5[C@@H]1[C@H](OC)[C@@H]3[C@@](COC)(CC[C@@H]4OC)CN5C)[C@@H](OC)[C@@H]2O. The average molecular weight is 874 g/mol. The Kier molecular flexibility index (Phi) is 15.6. The van der Waals surface area contributed by atoms with Crippen molar-refractivity contribution >= 4 is 11.9 Å². The third kappa shape index (κ3) is 8.25. The van der Waals surface area contributed by atoms with Crippen molar-refractivity contribution in [1.82, 2.24) is 4.90 Å². The van der Waals surface area contributed by atoms with Gasteiger partial charge in [-0.3, -0.25) is 0 Å². The standard InChI is InChI=1S/C52H75NO10/c1-7-8-9-10-11-12-13-14-15-16-17-18-19-20-21-22-23-27-30-39(54)63-52-40-37(33-50(57,47(61-6)45(52)55)46(40)62-48(56)36-28-25-24-26-29-36)51-38(59-4)31-32-49(35-58-3)34-53(2)44(51)41(52)42(60-5)43(49)51/h18-30,37-38,40-47,55,57H,7-17,31-35H2,1-6H3/b19-18+,21-20+,23-22+,30-27+/t37-,38+,40-,41+,42+,43-,44?,45+,46-,47+,49+,50-,51+,52-/m1/s1. The summed E-state index contributed by atoms with van der Waals surface area (Å²) in [5, 5.41) is 25.9. The van der Waals surface area contributed by atoms with Gasteiger partial charge in [-0.25, -0.2) is 9.59 Å². The number of nitrogens with zero attached hydrogens (tertiary/aromatic N) is 1. The number of fused-ring (bicyclic) bond motifs is 2. The topological polar surface area (TPSA) is 133 Å². The molecule has 2 N–H and O–H groups in total. The first-order valence-electron chi connectivity index (χ1n) is 23.9. The number of rotatable bonds is 23. The average Bonchev–Trinajstić information content (AvgIpc) is 3.67. The molecule has 0 aromatic heterocycles. The van der Waals surface area contributed by atoms with Crippen molar-refractivity contribution < 1.29 is 48.2 Å². The van der Waals surface area contributed by atoms with E-state index in [1.165, 1.54) is 77.4 Å². The molecule has 5 saturated carbocycles. The number of allylic oxidation sites excluding steroid dienone is 7. The molecule has 0 amide bonds. The quantitative estimate of drug-likeness (QED) is 0.0483. The smallest absolute Gasteiger partial charge is 0.338 e. The van der Waals surface area contributed by atoms with Crippen LogP contribution in [0.15, 0.2) is 78.9 Å². The number of methoxy groups -OCH3 is 4. The number of ether oxygens (including phenoxy) is 6. The first-order valence-corrected chi connectivity index (χ1v) is 23.9. The van der Waals surface area contributed by atoms with Gasteiger partial charge >= 0.3 is 11.9 Å². The van der Waals surface area contributed by atoms with Gasteiger partial charge in [0.05, 0.1) is 24.4 Å². The predicted molar refractivity (Wildman–Crippen MR) is 242 cm³/mol. The van der Waals surface area contributed by atoms with E-state index >= 15 is 0 Å². The molecule has 14 atom stereocenters. The van der Waals surface area contributed by atoms with Crippen molar-refractivity contribution in [3.05, 3.63) is 84.5 Å². The highest BCUT2D eigenvalue weighted by Crippen LogP contribution is 2.80. The Morgan fingerprint density at radius 2 is 1.49 bits per heavy atom. The first kappa shape index (κ1) is 47.8. The molecule has 6 aliphatic rings. The van der Waals surface area contributed by atoms with E-state index in [4.69, 9.17) is 28.4 Å². The number of hydrogen-bond donors (Lipinski definition) is 2. The van der Waals surface area contributed by atoms with Crippen LogP contribution < -0.4 is 0 Å². The number of unbranched alkanes of at least 4 members (excludes halogenated alkanes) is 10. The van der Waals surface area contributed by atoms with Crippen molar-refractivity contribution in [1.29, 1.82) is 0 Å². The fourth-order valence-corrected chi connectivity index (χ4v) is 14.5. The molecular formula is C52H75NO10. The van der Waals surface area contributed by atoms with Crippen LogP contribution in [-0.2, 0) is 33.2 Å². The van der Waals surface area contributed by atoms with Crippen molar-refractivity contribution in [3.8, 4) is 0 Å². The molecule has 1 unspecified atom stereocenters. The van der Waals surface area contributed by atoms with E-state index in [1.807, 2.05) is 24.3 Å². The zero-order chi connectivity index (χ0) is 44.8. The second kappa shape index (κ2) is 20.6. The van der Waals surface area contributed by atoms with E-state index in [0.717, 1.165) is 19.3 Å². The highest BCUT2D eigenvalue weighted by Gasteiger charge is 2.91. The van der Waals surface area contributed by atoms with Crippen molar-refractivity contribution in [2.45, 2.75) is 145 Å². The summed E-state index contributed by atoms with van der Waals surface area (Å²) in [5.74, 6) is -3.32. The van der Waals surface area contributed by atoms with E-state index in [-0.39, 0.29) is 29.9 Å². The Bertz CT molecular complexity index is 1820. The summed E-state index contributed by atoms with van der Waals surface area (Å²) in [6.07, 6.45) is 26.1. The number of aliphatic hydroxyl groups excluding tert-OH is 1. The number of aliphatic hydroxyl groups is 2. The molecular weight excluding hydrogens is 799 g/mol. The lowest BCUT2D eigenvalue weighted by molar-refractivity contribution is -0.315. The fourth-order valence-electron chi connectivity index (χ4n) is 14.5. The maximum absolute atomic E-state index is 14.4. The largest absolute Gasteiger partial charge is 0.455 e. The Labute approximate surface area is 376 Å². The molecule has 1 aliphatic heterocycles. The lowest BCUT2D eigenvalue weighted by atomic mass is 9.43. The van der Waals surface area contributed by atoms with Gasteiger partial charge < -0.3 is 43.5 Å². The lowest BCUT2D eigenvalue weighted by Gasteiger charge is -2.69. The zero-order valence-corrected chi connectivity index (χ0v) is 38.7. The minimum Gasteiger partial charge on any atom is -0.455 e. The van der Waals surface area contributed by atoms with Gasteiger partial charge in [-0.1, -0.05) is 125 Å². The van der Waals surface area contributed by atoms with E-state index in [0.29, 0.717) is 18.7 Å². The second-order valence-electron chi connectivity index (χ2n) is 19.5. The van der Waals surface area contributed by atoms with Crippen LogP contribution in [-0.4, -0.2) is 123 Å². The predicted octanol–water partition coefficient (Wildman–Crippen LogP) is 7.80. The van der Waals surface area contributed by atoms with Crippen molar-refractivity contribution in [3.63, 3.8) is 0 Å². The molecule has 11 nitrogen and oxygen atoms in total. The van der Waals surface area contributed by atoms with Crippen LogP contribution in [0.3, 0.4) is 0 Å². The number of hydrogen-bond acceptors (Lipinski definition) is 11. The second-order valence-corrected chi connectivity index (χ2v) is 19.5. The molecule has 5 aliphatic carbocycles. The summed E-state index contributed by atoms with van der Waals surface area (Å²) < 4.78 is 38.6. The van der Waals surface area contributed by atoms with Crippen LogP contribution in [0.25, 0.3) is 0 Å². The Morgan fingerprint density at radius 1 is 0.825 bits per heavy atom. The molecule has 1 aromatic carbocycles. The Hall–Kier alpha value is -3.16.